The van der Waals surface area contributed by atoms with Crippen LogP contribution in [-0.4, -0.2) is 24.5 Å². The van der Waals surface area contributed by atoms with Gasteiger partial charge < -0.3 is 10.6 Å². The minimum atomic E-state index is 0.0199. The van der Waals surface area contributed by atoms with E-state index >= 15 is 0 Å². The van der Waals surface area contributed by atoms with Crippen molar-refractivity contribution in [3.8, 4) is 0 Å². The number of amides is 1. The van der Waals surface area contributed by atoms with Crippen molar-refractivity contribution in [2.75, 3.05) is 13.6 Å². The number of hydrogen-bond donors (Lipinski definition) is 2. The van der Waals surface area contributed by atoms with E-state index in [4.69, 9.17) is 0 Å². The molecule has 1 amide bonds. The Morgan fingerprint density at radius 1 is 1.47 bits per heavy atom. The van der Waals surface area contributed by atoms with Crippen LogP contribution in [0, 0.1) is 0 Å². The molecular weight excluding hydrogens is 234 g/mol. The highest BCUT2D eigenvalue weighted by Crippen LogP contribution is 2.29. The molecule has 1 atom stereocenters. The van der Waals surface area contributed by atoms with E-state index in [1.165, 1.54) is 23.4 Å². The Balaban J connectivity index is 2.01. The lowest BCUT2D eigenvalue weighted by atomic mass is 10.0. The van der Waals surface area contributed by atoms with Gasteiger partial charge in [0.05, 0.1) is 18.3 Å². The highest BCUT2D eigenvalue weighted by atomic mass is 32.1. The second-order valence-corrected chi connectivity index (χ2v) is 5.56. The molecule has 2 N–H and O–H groups in total. The van der Waals surface area contributed by atoms with Gasteiger partial charge >= 0.3 is 0 Å². The first-order chi connectivity index (χ1) is 8.20. The maximum absolute atomic E-state index is 11.5. The van der Waals surface area contributed by atoms with E-state index < -0.39 is 0 Å². The fraction of sp³-hybridized carbons (Fsp3) is 0.667. The zero-order chi connectivity index (χ0) is 12.3. The van der Waals surface area contributed by atoms with Crippen LogP contribution in [0.4, 0.5) is 0 Å². The van der Waals surface area contributed by atoms with Gasteiger partial charge in [0.25, 0.3) is 0 Å². The monoisotopic (exact) mass is 253 g/mol. The second kappa shape index (κ2) is 5.60. The van der Waals surface area contributed by atoms with Gasteiger partial charge in [-0.3, -0.25) is 4.79 Å². The standard InChI is InChI=1S/C12H19N3OS/c1-8(14-11(16)7-13-2)12-15-9-5-3-4-6-10(9)17-12/h8,13H,3-7H2,1-2H3,(H,14,16). The maximum atomic E-state index is 11.5. The molecule has 0 fully saturated rings. The van der Waals surface area contributed by atoms with Gasteiger partial charge in [0, 0.05) is 4.88 Å². The van der Waals surface area contributed by atoms with Crippen LogP contribution in [0.5, 0.6) is 0 Å². The topological polar surface area (TPSA) is 54.0 Å². The lowest BCUT2D eigenvalue weighted by Crippen LogP contribution is -2.33. The number of nitrogens with zero attached hydrogens (tertiary/aromatic N) is 1. The van der Waals surface area contributed by atoms with E-state index in [0.717, 1.165) is 17.8 Å². The molecule has 0 saturated heterocycles. The van der Waals surface area contributed by atoms with Crippen LogP contribution in [0.2, 0.25) is 0 Å². The van der Waals surface area contributed by atoms with Gasteiger partial charge in [-0.15, -0.1) is 11.3 Å². The summed E-state index contributed by atoms with van der Waals surface area (Å²) in [5.74, 6) is 0.0215. The van der Waals surface area contributed by atoms with Crippen molar-refractivity contribution < 1.29 is 4.79 Å². The number of carbonyl (C=O) groups excluding carboxylic acids is 1. The first kappa shape index (κ1) is 12.5. The van der Waals surface area contributed by atoms with E-state index in [2.05, 4.69) is 15.6 Å². The Morgan fingerprint density at radius 2 is 2.24 bits per heavy atom. The van der Waals surface area contributed by atoms with Crippen LogP contribution in [0.15, 0.2) is 0 Å². The molecule has 0 radical (unpaired) electrons. The summed E-state index contributed by atoms with van der Waals surface area (Å²) in [5.41, 5.74) is 1.26. The minimum absolute atomic E-state index is 0.0199. The molecule has 1 aliphatic rings. The van der Waals surface area contributed by atoms with Crippen LogP contribution >= 0.6 is 11.3 Å². The average molecular weight is 253 g/mol. The van der Waals surface area contributed by atoms with Crippen LogP contribution in [0.3, 0.4) is 0 Å². The normalized spacial score (nSPS) is 16.4. The number of thiazole rings is 1. The Bertz CT molecular complexity index is 379. The van der Waals surface area contributed by atoms with E-state index in [0.29, 0.717) is 6.54 Å². The third kappa shape index (κ3) is 3.04. The fourth-order valence-corrected chi connectivity index (χ4v) is 3.23. The molecule has 1 aromatic rings. The van der Waals surface area contributed by atoms with Crippen molar-refractivity contribution in [2.45, 2.75) is 38.6 Å². The number of aromatic nitrogens is 1. The van der Waals surface area contributed by atoms with Gasteiger partial charge in [0.15, 0.2) is 0 Å². The molecule has 1 heterocycles. The molecule has 5 heteroatoms. The Morgan fingerprint density at radius 3 is 2.94 bits per heavy atom. The fourth-order valence-electron chi connectivity index (χ4n) is 2.07. The van der Waals surface area contributed by atoms with Crippen molar-refractivity contribution >= 4 is 17.2 Å². The van der Waals surface area contributed by atoms with Gasteiger partial charge in [-0.2, -0.15) is 0 Å². The summed E-state index contributed by atoms with van der Waals surface area (Å²) >= 11 is 1.76. The van der Waals surface area contributed by atoms with E-state index in [1.807, 2.05) is 6.92 Å². The molecule has 4 nitrogen and oxygen atoms in total. The molecule has 0 bridgehead atoms. The SMILES string of the molecule is CNCC(=O)NC(C)c1nc2c(s1)CCCC2. The molecule has 1 unspecified atom stereocenters. The Hall–Kier alpha value is -0.940. The Kier molecular flexibility index (Phi) is 4.12. The first-order valence-electron chi connectivity index (χ1n) is 6.13. The lowest BCUT2D eigenvalue weighted by Gasteiger charge is -2.10. The lowest BCUT2D eigenvalue weighted by molar-refractivity contribution is -0.120. The smallest absolute Gasteiger partial charge is 0.234 e. The van der Waals surface area contributed by atoms with E-state index in [-0.39, 0.29) is 11.9 Å². The quantitative estimate of drug-likeness (QED) is 0.853. The summed E-state index contributed by atoms with van der Waals surface area (Å²) in [6.07, 6.45) is 4.78. The summed E-state index contributed by atoms with van der Waals surface area (Å²) < 4.78 is 0. The van der Waals surface area contributed by atoms with Crippen molar-refractivity contribution in [3.63, 3.8) is 0 Å². The van der Waals surface area contributed by atoms with Crippen LogP contribution in [-0.2, 0) is 17.6 Å². The Labute approximate surface area is 106 Å². The molecular formula is C12H19N3OS. The maximum Gasteiger partial charge on any atom is 0.234 e. The summed E-state index contributed by atoms with van der Waals surface area (Å²) in [5, 5.41) is 6.84. The number of aryl methyl sites for hydroxylation is 2. The number of fused-ring (bicyclic) bond motifs is 1. The van der Waals surface area contributed by atoms with Crippen LogP contribution < -0.4 is 10.6 Å². The molecule has 1 aromatic heterocycles. The van der Waals surface area contributed by atoms with Gasteiger partial charge in [-0.25, -0.2) is 4.98 Å². The van der Waals surface area contributed by atoms with Gasteiger partial charge in [-0.1, -0.05) is 0 Å². The average Bonchev–Trinajstić information content (AvgIpc) is 2.72. The molecule has 0 saturated carbocycles. The summed E-state index contributed by atoms with van der Waals surface area (Å²) in [4.78, 5) is 17.5. The molecule has 0 aromatic carbocycles. The number of rotatable bonds is 4. The predicted molar refractivity (Wildman–Crippen MR) is 69.2 cm³/mol. The third-order valence-electron chi connectivity index (χ3n) is 2.95. The zero-order valence-corrected chi connectivity index (χ0v) is 11.2. The van der Waals surface area contributed by atoms with Crippen LogP contribution in [0.1, 0.15) is 41.4 Å². The third-order valence-corrected chi connectivity index (χ3v) is 4.29. The summed E-state index contributed by atoms with van der Waals surface area (Å²) in [6.45, 7) is 2.35. The number of carbonyl (C=O) groups is 1. The number of nitrogens with one attached hydrogen (secondary N) is 2. The molecule has 1 aliphatic carbocycles. The van der Waals surface area contributed by atoms with Gasteiger partial charge in [-0.05, 0) is 39.7 Å². The molecule has 0 spiro atoms. The van der Waals surface area contributed by atoms with Gasteiger partial charge in [0.1, 0.15) is 5.01 Å². The van der Waals surface area contributed by atoms with Gasteiger partial charge in [0.2, 0.25) is 5.91 Å². The predicted octanol–water partition coefficient (Wildman–Crippen LogP) is 1.42. The second-order valence-electron chi connectivity index (χ2n) is 4.45. The first-order valence-corrected chi connectivity index (χ1v) is 6.94. The highest BCUT2D eigenvalue weighted by Gasteiger charge is 2.19. The highest BCUT2D eigenvalue weighted by molar-refractivity contribution is 7.11. The minimum Gasteiger partial charge on any atom is -0.346 e. The number of hydrogen-bond acceptors (Lipinski definition) is 4. The van der Waals surface area contributed by atoms with Crippen molar-refractivity contribution in [1.82, 2.24) is 15.6 Å². The largest absolute Gasteiger partial charge is 0.346 e. The van der Waals surface area contributed by atoms with Crippen molar-refractivity contribution in [2.24, 2.45) is 0 Å². The zero-order valence-electron chi connectivity index (χ0n) is 10.4. The number of likely N-dealkylation sites (N-methyl/N-ethyl adjacent to an activating group) is 1. The molecule has 2 rings (SSSR count). The summed E-state index contributed by atoms with van der Waals surface area (Å²) in [6, 6.07) is 0.0199. The van der Waals surface area contributed by atoms with E-state index in [9.17, 15) is 4.79 Å². The molecule has 0 aliphatic heterocycles. The summed E-state index contributed by atoms with van der Waals surface area (Å²) in [7, 11) is 1.77. The molecule has 94 valence electrons. The van der Waals surface area contributed by atoms with Crippen LogP contribution in [0.25, 0.3) is 0 Å². The van der Waals surface area contributed by atoms with Crippen molar-refractivity contribution in [1.29, 1.82) is 0 Å². The van der Waals surface area contributed by atoms with E-state index in [1.54, 1.807) is 18.4 Å². The molecule has 17 heavy (non-hydrogen) atoms. The van der Waals surface area contributed by atoms with Crippen molar-refractivity contribution in [3.05, 3.63) is 15.6 Å².